The topological polar surface area (TPSA) is 71.3 Å². The molecule has 0 radical (unpaired) electrons. The van der Waals surface area contributed by atoms with Gasteiger partial charge in [0.1, 0.15) is 0 Å². The number of hydrogen-bond donors (Lipinski definition) is 1. The Morgan fingerprint density at radius 1 is 1.19 bits per heavy atom. The Hall–Kier alpha value is -2.35. The number of piperidine rings is 1. The van der Waals surface area contributed by atoms with Crippen molar-refractivity contribution < 1.29 is 9.32 Å². The van der Waals surface area contributed by atoms with Crippen molar-refractivity contribution in [3.63, 3.8) is 0 Å². The highest BCUT2D eigenvalue weighted by Gasteiger charge is 2.22. The minimum atomic E-state index is -0.0269. The van der Waals surface area contributed by atoms with Gasteiger partial charge in [-0.3, -0.25) is 9.69 Å². The average molecular weight is 457 g/mol. The molecule has 0 aliphatic carbocycles. The molecule has 2 aromatic carbocycles. The molecule has 3 aromatic rings. The number of thioether (sulfide) groups is 1. The lowest BCUT2D eigenvalue weighted by Gasteiger charge is -2.32. The summed E-state index contributed by atoms with van der Waals surface area (Å²) in [7, 11) is 0. The Kier molecular flexibility index (Phi) is 7.27. The number of aryl methyl sites for hydroxylation is 1. The number of aromatic nitrogens is 2. The summed E-state index contributed by atoms with van der Waals surface area (Å²) in [6.45, 7) is 4.62. The van der Waals surface area contributed by atoms with Gasteiger partial charge in [0.15, 0.2) is 5.82 Å². The van der Waals surface area contributed by atoms with Gasteiger partial charge in [0.25, 0.3) is 5.91 Å². The summed E-state index contributed by atoms with van der Waals surface area (Å²) < 4.78 is 5.17. The number of rotatable bonds is 7. The third-order valence-corrected chi connectivity index (χ3v) is 6.60. The van der Waals surface area contributed by atoms with Crippen molar-refractivity contribution in [2.24, 2.45) is 0 Å². The number of nitrogens with zero attached hydrogens (tertiary/aromatic N) is 3. The molecule has 1 N–H and O–H groups in total. The van der Waals surface area contributed by atoms with E-state index in [0.29, 0.717) is 23.0 Å². The number of halogens is 1. The molecule has 0 spiro atoms. The lowest BCUT2D eigenvalue weighted by Crippen LogP contribution is -2.44. The first-order valence-corrected chi connectivity index (χ1v) is 11.7. The molecule has 8 heteroatoms. The van der Waals surface area contributed by atoms with E-state index in [1.165, 1.54) is 17.3 Å². The van der Waals surface area contributed by atoms with Gasteiger partial charge >= 0.3 is 0 Å². The van der Waals surface area contributed by atoms with Crippen LogP contribution in [-0.4, -0.2) is 40.1 Å². The van der Waals surface area contributed by atoms with Gasteiger partial charge in [0.05, 0.1) is 11.3 Å². The van der Waals surface area contributed by atoms with E-state index in [1.807, 2.05) is 36.4 Å². The summed E-state index contributed by atoms with van der Waals surface area (Å²) in [5.41, 5.74) is 1.95. The summed E-state index contributed by atoms with van der Waals surface area (Å²) in [5.74, 6) is 1.68. The number of benzene rings is 2. The van der Waals surface area contributed by atoms with Crippen LogP contribution in [0.25, 0.3) is 0 Å². The maximum atomic E-state index is 13.0. The van der Waals surface area contributed by atoms with Crippen LogP contribution in [0, 0.1) is 6.92 Å². The second kappa shape index (κ2) is 10.3. The van der Waals surface area contributed by atoms with Crippen LogP contribution in [-0.2, 0) is 12.3 Å². The molecular weight excluding hydrogens is 432 g/mol. The van der Waals surface area contributed by atoms with Crippen molar-refractivity contribution in [3.05, 3.63) is 76.4 Å². The molecule has 1 aliphatic heterocycles. The zero-order valence-electron chi connectivity index (χ0n) is 17.4. The molecule has 0 atom stereocenters. The van der Waals surface area contributed by atoms with Crippen LogP contribution in [0.2, 0.25) is 5.02 Å². The first-order chi connectivity index (χ1) is 15.1. The van der Waals surface area contributed by atoms with E-state index in [-0.39, 0.29) is 11.9 Å². The van der Waals surface area contributed by atoms with Gasteiger partial charge in [-0.1, -0.05) is 41.0 Å². The molecule has 0 saturated carbocycles. The molecule has 1 aromatic heterocycles. The molecule has 1 aliphatic rings. The van der Waals surface area contributed by atoms with Crippen molar-refractivity contribution in [2.75, 3.05) is 13.1 Å². The fourth-order valence-corrected chi connectivity index (χ4v) is 4.68. The van der Waals surface area contributed by atoms with E-state index in [0.717, 1.165) is 42.4 Å². The molecule has 0 unspecified atom stereocenters. The normalized spacial score (nSPS) is 15.2. The highest BCUT2D eigenvalue weighted by molar-refractivity contribution is 7.98. The van der Waals surface area contributed by atoms with Crippen LogP contribution in [0.4, 0.5) is 0 Å². The summed E-state index contributed by atoms with van der Waals surface area (Å²) in [6, 6.07) is 15.8. The van der Waals surface area contributed by atoms with E-state index in [2.05, 4.69) is 32.5 Å². The molecule has 31 heavy (non-hydrogen) atoms. The molecule has 162 valence electrons. The van der Waals surface area contributed by atoms with Crippen LogP contribution in [0.1, 0.15) is 40.5 Å². The Bertz CT molecular complexity index is 1020. The molecule has 4 rings (SSSR count). The number of hydrogen-bond acceptors (Lipinski definition) is 6. The first-order valence-electron chi connectivity index (χ1n) is 10.4. The predicted molar refractivity (Wildman–Crippen MR) is 122 cm³/mol. The van der Waals surface area contributed by atoms with Crippen molar-refractivity contribution in [2.45, 2.75) is 43.0 Å². The van der Waals surface area contributed by atoms with Gasteiger partial charge in [-0.25, -0.2) is 0 Å². The Balaban J connectivity index is 1.29. The molecule has 2 heterocycles. The van der Waals surface area contributed by atoms with Crippen molar-refractivity contribution in [3.8, 4) is 0 Å². The van der Waals surface area contributed by atoms with E-state index in [9.17, 15) is 4.79 Å². The van der Waals surface area contributed by atoms with E-state index in [1.54, 1.807) is 6.92 Å². The number of carbonyl (C=O) groups excluding carboxylic acids is 1. The van der Waals surface area contributed by atoms with Crippen molar-refractivity contribution >= 4 is 29.3 Å². The monoisotopic (exact) mass is 456 g/mol. The largest absolute Gasteiger partial charge is 0.349 e. The molecule has 1 saturated heterocycles. The highest BCUT2D eigenvalue weighted by Crippen LogP contribution is 2.26. The summed E-state index contributed by atoms with van der Waals surface area (Å²) in [4.78, 5) is 20.5. The molecule has 1 fully saturated rings. The van der Waals surface area contributed by atoms with Gasteiger partial charge in [-0.05, 0) is 49.6 Å². The van der Waals surface area contributed by atoms with Gasteiger partial charge in [-0.2, -0.15) is 4.98 Å². The minimum Gasteiger partial charge on any atom is -0.349 e. The zero-order valence-corrected chi connectivity index (χ0v) is 19.0. The van der Waals surface area contributed by atoms with Crippen LogP contribution >= 0.6 is 23.4 Å². The lowest BCUT2D eigenvalue weighted by atomic mass is 10.0. The third-order valence-electron chi connectivity index (χ3n) is 5.29. The zero-order chi connectivity index (χ0) is 21.6. The van der Waals surface area contributed by atoms with E-state index < -0.39 is 0 Å². The van der Waals surface area contributed by atoms with Crippen molar-refractivity contribution in [1.29, 1.82) is 0 Å². The SMILES string of the molecule is Cc1noc(CSc2ccccc2C(=O)NC2CCN(Cc3ccc(Cl)cc3)CC2)n1. The maximum absolute atomic E-state index is 13.0. The summed E-state index contributed by atoms with van der Waals surface area (Å²) in [6.07, 6.45) is 1.88. The molecule has 1 amide bonds. The Morgan fingerprint density at radius 3 is 2.65 bits per heavy atom. The Labute approximate surface area is 191 Å². The summed E-state index contributed by atoms with van der Waals surface area (Å²) in [5, 5.41) is 7.79. The van der Waals surface area contributed by atoms with E-state index in [4.69, 9.17) is 16.1 Å². The molecule has 6 nitrogen and oxygen atoms in total. The molecule has 0 bridgehead atoms. The second-order valence-electron chi connectivity index (χ2n) is 7.67. The summed E-state index contributed by atoms with van der Waals surface area (Å²) >= 11 is 7.50. The number of nitrogens with one attached hydrogen (secondary N) is 1. The fourth-order valence-electron chi connectivity index (χ4n) is 3.66. The van der Waals surface area contributed by atoms with Crippen LogP contribution in [0.15, 0.2) is 57.9 Å². The minimum absolute atomic E-state index is 0.0269. The molecular formula is C23H25ClN4O2S. The fraction of sp³-hybridized carbons (Fsp3) is 0.348. The second-order valence-corrected chi connectivity index (χ2v) is 9.12. The predicted octanol–water partition coefficient (Wildman–Crippen LogP) is 4.72. The standard InChI is InChI=1S/C23H25ClN4O2S/c1-16-25-22(30-27-16)15-31-21-5-3-2-4-20(21)23(29)26-19-10-12-28(13-11-19)14-17-6-8-18(24)9-7-17/h2-9,19H,10-15H2,1H3,(H,26,29). The maximum Gasteiger partial charge on any atom is 0.252 e. The first kappa shape index (κ1) is 21.9. The van der Waals surface area contributed by atoms with E-state index >= 15 is 0 Å². The number of likely N-dealkylation sites (tertiary alicyclic amines) is 1. The van der Waals surface area contributed by atoms with Gasteiger partial charge in [-0.15, -0.1) is 11.8 Å². The van der Waals surface area contributed by atoms with Crippen LogP contribution < -0.4 is 5.32 Å². The number of carbonyl (C=O) groups is 1. The van der Waals surface area contributed by atoms with Gasteiger partial charge in [0.2, 0.25) is 5.89 Å². The number of amides is 1. The van der Waals surface area contributed by atoms with Crippen molar-refractivity contribution in [1.82, 2.24) is 20.4 Å². The van der Waals surface area contributed by atoms with Crippen LogP contribution in [0.5, 0.6) is 0 Å². The van der Waals surface area contributed by atoms with Gasteiger partial charge in [0, 0.05) is 35.6 Å². The van der Waals surface area contributed by atoms with Crippen LogP contribution in [0.3, 0.4) is 0 Å². The lowest BCUT2D eigenvalue weighted by molar-refractivity contribution is 0.0906. The average Bonchev–Trinajstić information content (AvgIpc) is 3.20. The van der Waals surface area contributed by atoms with Gasteiger partial charge < -0.3 is 9.84 Å². The Morgan fingerprint density at radius 2 is 1.94 bits per heavy atom. The quantitative estimate of drug-likeness (QED) is 0.519. The highest BCUT2D eigenvalue weighted by atomic mass is 35.5. The smallest absolute Gasteiger partial charge is 0.252 e. The third kappa shape index (κ3) is 6.09.